The fraction of sp³-hybridized carbons (Fsp3) is 0.524. The van der Waals surface area contributed by atoms with E-state index in [0.717, 1.165) is 19.0 Å². The van der Waals surface area contributed by atoms with E-state index < -0.39 is 0 Å². The lowest BCUT2D eigenvalue weighted by Crippen LogP contribution is -2.45. The molecule has 2 saturated heterocycles. The number of allylic oxidation sites excluding steroid dienone is 2. The highest BCUT2D eigenvalue weighted by Crippen LogP contribution is 2.34. The van der Waals surface area contributed by atoms with Gasteiger partial charge in [0.25, 0.3) is 0 Å². The maximum Gasteiger partial charge on any atom is 0.0371 e. The van der Waals surface area contributed by atoms with Crippen molar-refractivity contribution in [3.63, 3.8) is 0 Å². The van der Waals surface area contributed by atoms with Crippen LogP contribution < -0.4 is 0 Å². The molecule has 0 radical (unpaired) electrons. The second-order valence-electron chi connectivity index (χ2n) is 7.52. The molecule has 0 bridgehead atoms. The molecule has 1 atom stereocenters. The number of hydrogen-bond acceptors (Lipinski definition) is 3. The van der Waals surface area contributed by atoms with Gasteiger partial charge in [-0.15, -0.1) is 0 Å². The SMILES string of the molecule is CN1CCN(C2=C3CN(Cc4ccccc4)CCC3CC=C2)CC1. The van der Waals surface area contributed by atoms with Gasteiger partial charge in [0.15, 0.2) is 0 Å². The van der Waals surface area contributed by atoms with E-state index in [9.17, 15) is 0 Å². The molecule has 2 fully saturated rings. The molecule has 0 amide bonds. The molecular weight excluding hydrogens is 294 g/mol. The first-order chi connectivity index (χ1) is 11.8. The van der Waals surface area contributed by atoms with Gasteiger partial charge in [-0.25, -0.2) is 0 Å². The van der Waals surface area contributed by atoms with Gasteiger partial charge in [-0.1, -0.05) is 36.4 Å². The minimum atomic E-state index is 0.775. The molecule has 1 aromatic carbocycles. The van der Waals surface area contributed by atoms with Crippen LogP contribution in [0, 0.1) is 5.92 Å². The molecule has 0 spiro atoms. The van der Waals surface area contributed by atoms with Crippen molar-refractivity contribution in [2.75, 3.05) is 46.3 Å². The Morgan fingerprint density at radius 2 is 1.79 bits per heavy atom. The number of likely N-dealkylation sites (N-methyl/N-ethyl adjacent to an activating group) is 1. The third kappa shape index (κ3) is 3.42. The summed E-state index contributed by atoms with van der Waals surface area (Å²) in [6.07, 6.45) is 7.37. The number of nitrogens with zero attached hydrogens (tertiary/aromatic N) is 3. The first-order valence-corrected chi connectivity index (χ1v) is 9.39. The van der Waals surface area contributed by atoms with Crippen molar-refractivity contribution >= 4 is 0 Å². The Morgan fingerprint density at radius 3 is 2.58 bits per heavy atom. The number of fused-ring (bicyclic) bond motifs is 1. The van der Waals surface area contributed by atoms with Crippen LogP contribution in [0.1, 0.15) is 18.4 Å². The molecule has 1 unspecified atom stereocenters. The average Bonchev–Trinajstić information content (AvgIpc) is 2.63. The van der Waals surface area contributed by atoms with Gasteiger partial charge in [0.2, 0.25) is 0 Å². The summed E-state index contributed by atoms with van der Waals surface area (Å²) >= 11 is 0. The number of likely N-dealkylation sites (tertiary alicyclic amines) is 1. The normalized spacial score (nSPS) is 25.9. The minimum Gasteiger partial charge on any atom is -0.369 e. The Hall–Kier alpha value is -1.58. The zero-order chi connectivity index (χ0) is 16.4. The molecule has 128 valence electrons. The van der Waals surface area contributed by atoms with Crippen molar-refractivity contribution in [1.82, 2.24) is 14.7 Å². The number of benzene rings is 1. The number of piperazine rings is 1. The van der Waals surface area contributed by atoms with Gasteiger partial charge in [-0.05, 0) is 49.6 Å². The highest BCUT2D eigenvalue weighted by Gasteiger charge is 2.29. The molecule has 3 heteroatoms. The Balaban J connectivity index is 1.51. The van der Waals surface area contributed by atoms with E-state index in [1.807, 2.05) is 0 Å². The maximum atomic E-state index is 2.64. The molecule has 2 heterocycles. The standard InChI is InChI=1S/C21H29N3/c1-22-12-14-24(15-13-22)21-9-5-8-19-10-11-23(17-20(19)21)16-18-6-3-2-4-7-18/h2-7,9,19H,8,10-17H2,1H3. The summed E-state index contributed by atoms with van der Waals surface area (Å²) in [7, 11) is 2.23. The minimum absolute atomic E-state index is 0.775. The molecule has 3 nitrogen and oxygen atoms in total. The van der Waals surface area contributed by atoms with Gasteiger partial charge in [0.05, 0.1) is 0 Å². The van der Waals surface area contributed by atoms with Crippen LogP contribution in [0.2, 0.25) is 0 Å². The Bertz CT molecular complexity index is 611. The van der Waals surface area contributed by atoms with E-state index in [1.54, 1.807) is 5.57 Å². The molecule has 0 N–H and O–H groups in total. The lowest BCUT2D eigenvalue weighted by atomic mass is 9.83. The van der Waals surface area contributed by atoms with Crippen LogP contribution in [-0.2, 0) is 6.54 Å². The third-order valence-corrected chi connectivity index (χ3v) is 5.80. The molecule has 3 aliphatic rings. The van der Waals surface area contributed by atoms with Crippen molar-refractivity contribution in [3.05, 3.63) is 59.3 Å². The summed E-state index contributed by atoms with van der Waals surface area (Å²) in [5.74, 6) is 0.775. The highest BCUT2D eigenvalue weighted by atomic mass is 15.3. The smallest absolute Gasteiger partial charge is 0.0371 e. The van der Waals surface area contributed by atoms with E-state index in [-0.39, 0.29) is 0 Å². The zero-order valence-corrected chi connectivity index (χ0v) is 14.8. The number of hydrogen-bond donors (Lipinski definition) is 0. The monoisotopic (exact) mass is 323 g/mol. The quantitative estimate of drug-likeness (QED) is 0.847. The van der Waals surface area contributed by atoms with Crippen molar-refractivity contribution in [2.45, 2.75) is 19.4 Å². The van der Waals surface area contributed by atoms with Gasteiger partial charge < -0.3 is 9.80 Å². The predicted octanol–water partition coefficient (Wildman–Crippen LogP) is 2.97. The summed E-state index contributed by atoms with van der Waals surface area (Å²) < 4.78 is 0. The molecule has 24 heavy (non-hydrogen) atoms. The van der Waals surface area contributed by atoms with E-state index >= 15 is 0 Å². The largest absolute Gasteiger partial charge is 0.369 e. The summed E-state index contributed by atoms with van der Waals surface area (Å²) in [6, 6.07) is 10.9. The first-order valence-electron chi connectivity index (χ1n) is 9.39. The maximum absolute atomic E-state index is 2.64. The lowest BCUT2D eigenvalue weighted by molar-refractivity contribution is 0.177. The fourth-order valence-corrected chi connectivity index (χ4v) is 4.30. The topological polar surface area (TPSA) is 9.72 Å². The van der Waals surface area contributed by atoms with Gasteiger partial charge in [0, 0.05) is 45.0 Å². The number of rotatable bonds is 3. The van der Waals surface area contributed by atoms with Crippen LogP contribution in [0.25, 0.3) is 0 Å². The summed E-state index contributed by atoms with van der Waals surface area (Å²) in [6.45, 7) is 8.16. The van der Waals surface area contributed by atoms with E-state index in [4.69, 9.17) is 0 Å². The van der Waals surface area contributed by atoms with Crippen molar-refractivity contribution in [1.29, 1.82) is 0 Å². The second-order valence-corrected chi connectivity index (χ2v) is 7.52. The van der Waals surface area contributed by atoms with Crippen LogP contribution in [0.5, 0.6) is 0 Å². The zero-order valence-electron chi connectivity index (χ0n) is 14.8. The predicted molar refractivity (Wildman–Crippen MR) is 99.7 cm³/mol. The lowest BCUT2D eigenvalue weighted by Gasteiger charge is -2.42. The van der Waals surface area contributed by atoms with Crippen LogP contribution >= 0.6 is 0 Å². The Kier molecular flexibility index (Phi) is 4.72. The van der Waals surface area contributed by atoms with Crippen molar-refractivity contribution in [2.24, 2.45) is 5.92 Å². The van der Waals surface area contributed by atoms with Gasteiger partial charge >= 0.3 is 0 Å². The average molecular weight is 323 g/mol. The van der Waals surface area contributed by atoms with E-state index in [0.29, 0.717) is 0 Å². The molecule has 4 rings (SSSR count). The number of piperidine rings is 1. The van der Waals surface area contributed by atoms with Gasteiger partial charge in [0.1, 0.15) is 0 Å². The summed E-state index contributed by atoms with van der Waals surface area (Å²) in [5.41, 5.74) is 4.67. The van der Waals surface area contributed by atoms with Gasteiger partial charge in [-0.2, -0.15) is 0 Å². The first kappa shape index (κ1) is 15.9. The van der Waals surface area contributed by atoms with Gasteiger partial charge in [-0.3, -0.25) is 4.90 Å². The van der Waals surface area contributed by atoms with E-state index in [2.05, 4.69) is 64.2 Å². The second kappa shape index (κ2) is 7.12. The molecule has 2 aliphatic heterocycles. The molecular formula is C21H29N3. The molecule has 1 aliphatic carbocycles. The molecule has 0 saturated carbocycles. The summed E-state index contributed by atoms with van der Waals surface area (Å²) in [5, 5.41) is 0. The Labute approximate surface area is 146 Å². The summed E-state index contributed by atoms with van der Waals surface area (Å²) in [4.78, 5) is 7.70. The van der Waals surface area contributed by atoms with E-state index in [1.165, 1.54) is 56.8 Å². The van der Waals surface area contributed by atoms with Crippen LogP contribution in [0.3, 0.4) is 0 Å². The van der Waals surface area contributed by atoms with Crippen molar-refractivity contribution in [3.8, 4) is 0 Å². The highest BCUT2D eigenvalue weighted by molar-refractivity contribution is 5.33. The Morgan fingerprint density at radius 1 is 1.00 bits per heavy atom. The van der Waals surface area contributed by atoms with Crippen molar-refractivity contribution < 1.29 is 0 Å². The third-order valence-electron chi connectivity index (χ3n) is 5.80. The van der Waals surface area contributed by atoms with Crippen LogP contribution in [0.4, 0.5) is 0 Å². The molecule has 1 aromatic rings. The molecule has 0 aromatic heterocycles. The fourth-order valence-electron chi connectivity index (χ4n) is 4.30. The van der Waals surface area contributed by atoms with Crippen LogP contribution in [0.15, 0.2) is 53.8 Å². The van der Waals surface area contributed by atoms with Crippen LogP contribution in [-0.4, -0.2) is 61.0 Å².